The Bertz CT molecular complexity index is 271. The third-order valence-corrected chi connectivity index (χ3v) is 4.32. The molecular formula is C14H24O3. The second kappa shape index (κ2) is 5.38. The first-order valence-corrected chi connectivity index (χ1v) is 7.00. The summed E-state index contributed by atoms with van der Waals surface area (Å²) in [6.45, 7) is 5.14. The van der Waals surface area contributed by atoms with E-state index in [-0.39, 0.29) is 11.9 Å². The van der Waals surface area contributed by atoms with Gasteiger partial charge in [0.05, 0.1) is 6.61 Å². The second-order valence-corrected chi connectivity index (χ2v) is 5.53. The van der Waals surface area contributed by atoms with Crippen LogP contribution in [-0.4, -0.2) is 24.8 Å². The van der Waals surface area contributed by atoms with Crippen molar-refractivity contribution in [3.63, 3.8) is 0 Å². The molecule has 0 radical (unpaired) electrons. The Balaban J connectivity index is 2.07. The maximum Gasteiger partial charge on any atom is 0.338 e. The molecule has 1 aliphatic heterocycles. The van der Waals surface area contributed by atoms with Gasteiger partial charge in [0.1, 0.15) is 0 Å². The zero-order valence-electron chi connectivity index (χ0n) is 11.0. The van der Waals surface area contributed by atoms with Crippen LogP contribution in [0, 0.1) is 11.8 Å². The molecule has 2 rings (SSSR count). The van der Waals surface area contributed by atoms with E-state index in [0.717, 1.165) is 6.42 Å². The minimum Gasteiger partial charge on any atom is -0.463 e. The van der Waals surface area contributed by atoms with Gasteiger partial charge in [-0.3, -0.25) is 0 Å². The summed E-state index contributed by atoms with van der Waals surface area (Å²) in [5.41, 5.74) is -0.642. The highest BCUT2D eigenvalue weighted by Gasteiger charge is 2.52. The van der Waals surface area contributed by atoms with Crippen molar-refractivity contribution in [2.24, 2.45) is 11.8 Å². The van der Waals surface area contributed by atoms with Crippen molar-refractivity contribution in [2.45, 2.75) is 58.0 Å². The van der Waals surface area contributed by atoms with Crippen molar-refractivity contribution in [1.82, 2.24) is 0 Å². The molecule has 0 N–H and O–H groups in total. The normalized spacial score (nSPS) is 34.9. The third-order valence-electron chi connectivity index (χ3n) is 4.32. The lowest BCUT2D eigenvalue weighted by Gasteiger charge is -2.34. The van der Waals surface area contributed by atoms with Gasteiger partial charge in [-0.15, -0.1) is 0 Å². The van der Waals surface area contributed by atoms with Gasteiger partial charge in [-0.05, 0) is 19.3 Å². The fourth-order valence-corrected chi connectivity index (χ4v) is 3.28. The maximum atomic E-state index is 12.0. The number of hydrogen-bond acceptors (Lipinski definition) is 3. The summed E-state index contributed by atoms with van der Waals surface area (Å²) in [6.07, 6.45) is 7.30. The van der Waals surface area contributed by atoms with Crippen LogP contribution >= 0.6 is 0 Å². The van der Waals surface area contributed by atoms with Crippen molar-refractivity contribution in [3.05, 3.63) is 0 Å². The SMILES string of the molecule is CCOC1(CC2CCCCC2)C(=O)OCC1C. The lowest BCUT2D eigenvalue weighted by molar-refractivity contribution is -0.163. The van der Waals surface area contributed by atoms with Crippen LogP contribution in [0.15, 0.2) is 0 Å². The lowest BCUT2D eigenvalue weighted by Crippen LogP contribution is -2.45. The molecule has 2 unspecified atom stereocenters. The van der Waals surface area contributed by atoms with Crippen LogP contribution in [0.1, 0.15) is 52.4 Å². The Morgan fingerprint density at radius 3 is 2.59 bits per heavy atom. The van der Waals surface area contributed by atoms with Gasteiger partial charge < -0.3 is 9.47 Å². The summed E-state index contributed by atoms with van der Waals surface area (Å²) in [5.74, 6) is 0.706. The van der Waals surface area contributed by atoms with Crippen molar-refractivity contribution in [3.8, 4) is 0 Å². The topological polar surface area (TPSA) is 35.5 Å². The van der Waals surface area contributed by atoms with E-state index in [2.05, 4.69) is 6.92 Å². The predicted molar refractivity (Wildman–Crippen MR) is 65.7 cm³/mol. The molecule has 2 atom stereocenters. The van der Waals surface area contributed by atoms with E-state index in [0.29, 0.717) is 19.1 Å². The smallest absolute Gasteiger partial charge is 0.338 e. The minimum absolute atomic E-state index is 0.127. The minimum atomic E-state index is -0.642. The van der Waals surface area contributed by atoms with Crippen LogP contribution in [0.3, 0.4) is 0 Å². The van der Waals surface area contributed by atoms with E-state index in [1.54, 1.807) is 0 Å². The van der Waals surface area contributed by atoms with Gasteiger partial charge in [-0.25, -0.2) is 4.79 Å². The molecule has 1 saturated heterocycles. The molecule has 2 fully saturated rings. The molecule has 3 heteroatoms. The average molecular weight is 240 g/mol. The Morgan fingerprint density at radius 1 is 1.35 bits per heavy atom. The summed E-state index contributed by atoms with van der Waals surface area (Å²) >= 11 is 0. The first kappa shape index (κ1) is 12.9. The summed E-state index contributed by atoms with van der Waals surface area (Å²) in [6, 6.07) is 0. The van der Waals surface area contributed by atoms with Crippen LogP contribution in [0.4, 0.5) is 0 Å². The number of carbonyl (C=O) groups is 1. The largest absolute Gasteiger partial charge is 0.463 e. The first-order chi connectivity index (χ1) is 8.19. The molecule has 98 valence electrons. The third kappa shape index (κ3) is 2.49. The van der Waals surface area contributed by atoms with E-state index in [1.165, 1.54) is 32.1 Å². The average Bonchev–Trinajstić information content (AvgIpc) is 2.60. The maximum absolute atomic E-state index is 12.0. The molecule has 3 nitrogen and oxygen atoms in total. The summed E-state index contributed by atoms with van der Waals surface area (Å²) < 4.78 is 11.1. The van der Waals surface area contributed by atoms with Gasteiger partial charge in [0.2, 0.25) is 0 Å². The number of esters is 1. The molecular weight excluding hydrogens is 216 g/mol. The highest BCUT2D eigenvalue weighted by molar-refractivity contribution is 5.82. The van der Waals surface area contributed by atoms with Gasteiger partial charge in [-0.2, -0.15) is 0 Å². The highest BCUT2D eigenvalue weighted by atomic mass is 16.6. The van der Waals surface area contributed by atoms with Crippen LogP contribution < -0.4 is 0 Å². The van der Waals surface area contributed by atoms with Crippen molar-refractivity contribution < 1.29 is 14.3 Å². The number of ether oxygens (including phenoxy) is 2. The molecule has 17 heavy (non-hydrogen) atoms. The van der Waals surface area contributed by atoms with E-state index >= 15 is 0 Å². The van der Waals surface area contributed by atoms with Crippen molar-refractivity contribution in [1.29, 1.82) is 0 Å². The van der Waals surface area contributed by atoms with Crippen molar-refractivity contribution >= 4 is 5.97 Å². The quantitative estimate of drug-likeness (QED) is 0.709. The molecule has 0 amide bonds. The van der Waals surface area contributed by atoms with Crippen LogP contribution in [-0.2, 0) is 14.3 Å². The summed E-state index contributed by atoms with van der Waals surface area (Å²) in [4.78, 5) is 12.0. The monoisotopic (exact) mass is 240 g/mol. The number of cyclic esters (lactones) is 1. The first-order valence-electron chi connectivity index (χ1n) is 7.00. The zero-order valence-corrected chi connectivity index (χ0v) is 11.0. The van der Waals surface area contributed by atoms with Gasteiger partial charge in [0.15, 0.2) is 5.60 Å². The van der Waals surface area contributed by atoms with E-state index in [1.807, 2.05) is 6.92 Å². The molecule has 2 aliphatic rings. The predicted octanol–water partition coefficient (Wildman–Crippen LogP) is 2.93. The molecule has 0 aromatic heterocycles. The molecule has 0 spiro atoms. The molecule has 0 aromatic rings. The molecule has 1 aliphatic carbocycles. The van der Waals surface area contributed by atoms with Gasteiger partial charge in [0.25, 0.3) is 0 Å². The fraction of sp³-hybridized carbons (Fsp3) is 0.929. The Labute approximate surface area is 104 Å². The number of rotatable bonds is 4. The van der Waals surface area contributed by atoms with E-state index in [9.17, 15) is 4.79 Å². The summed E-state index contributed by atoms with van der Waals surface area (Å²) in [7, 11) is 0. The van der Waals surface area contributed by atoms with Crippen LogP contribution in [0.25, 0.3) is 0 Å². The zero-order chi connectivity index (χ0) is 12.3. The second-order valence-electron chi connectivity index (χ2n) is 5.53. The Kier molecular flexibility index (Phi) is 4.08. The molecule has 0 bridgehead atoms. The number of carbonyl (C=O) groups excluding carboxylic acids is 1. The van der Waals surface area contributed by atoms with Crippen LogP contribution in [0.5, 0.6) is 0 Å². The molecule has 0 aromatic carbocycles. The molecule has 1 saturated carbocycles. The molecule has 1 heterocycles. The standard InChI is InChI=1S/C14H24O3/c1-3-17-14(11(2)10-16-13(14)15)9-12-7-5-4-6-8-12/h11-12H,3-10H2,1-2H3. The highest BCUT2D eigenvalue weighted by Crippen LogP contribution is 2.40. The Morgan fingerprint density at radius 2 is 2.06 bits per heavy atom. The van der Waals surface area contributed by atoms with E-state index < -0.39 is 5.60 Å². The van der Waals surface area contributed by atoms with E-state index in [4.69, 9.17) is 9.47 Å². The van der Waals surface area contributed by atoms with Gasteiger partial charge >= 0.3 is 5.97 Å². The number of hydrogen-bond donors (Lipinski definition) is 0. The Hall–Kier alpha value is -0.570. The van der Waals surface area contributed by atoms with Gasteiger partial charge in [0, 0.05) is 12.5 Å². The van der Waals surface area contributed by atoms with Gasteiger partial charge in [-0.1, -0.05) is 39.0 Å². The van der Waals surface area contributed by atoms with Crippen molar-refractivity contribution in [2.75, 3.05) is 13.2 Å². The fourth-order valence-electron chi connectivity index (χ4n) is 3.28. The lowest BCUT2D eigenvalue weighted by atomic mass is 9.77. The summed E-state index contributed by atoms with van der Waals surface area (Å²) in [5, 5.41) is 0. The van der Waals surface area contributed by atoms with Crippen LogP contribution in [0.2, 0.25) is 0 Å².